The summed E-state index contributed by atoms with van der Waals surface area (Å²) in [5.41, 5.74) is 1.85. The number of rotatable bonds is 8. The Morgan fingerprint density at radius 1 is 1.26 bits per heavy atom. The first kappa shape index (κ1) is 21.1. The number of amides is 2. The van der Waals surface area contributed by atoms with E-state index in [1.807, 2.05) is 18.7 Å². The molecule has 0 bridgehead atoms. The quantitative estimate of drug-likeness (QED) is 0.711. The van der Waals surface area contributed by atoms with Crippen LogP contribution in [0.25, 0.3) is 0 Å². The highest BCUT2D eigenvalue weighted by Crippen LogP contribution is 2.18. The van der Waals surface area contributed by atoms with Crippen LogP contribution in [0.5, 0.6) is 0 Å². The van der Waals surface area contributed by atoms with Gasteiger partial charge in [0, 0.05) is 25.6 Å². The highest BCUT2D eigenvalue weighted by molar-refractivity contribution is 5.79. The minimum Gasteiger partial charge on any atom is -0.352 e. The van der Waals surface area contributed by atoms with Crippen LogP contribution in [0.4, 0.5) is 4.39 Å². The van der Waals surface area contributed by atoms with Crippen LogP contribution < -0.4 is 5.32 Å². The van der Waals surface area contributed by atoms with Crippen molar-refractivity contribution in [3.05, 3.63) is 47.8 Å². The van der Waals surface area contributed by atoms with Gasteiger partial charge >= 0.3 is 0 Å². The second kappa shape index (κ2) is 10.2. The van der Waals surface area contributed by atoms with E-state index < -0.39 is 0 Å². The Balaban J connectivity index is 1.73. The van der Waals surface area contributed by atoms with Crippen molar-refractivity contribution in [3.63, 3.8) is 0 Å². The smallest absolute Gasteiger partial charge is 0.237 e. The van der Waals surface area contributed by atoms with Crippen LogP contribution in [0.3, 0.4) is 0 Å². The minimum atomic E-state index is -0.281. The first-order chi connectivity index (χ1) is 12.9. The van der Waals surface area contributed by atoms with E-state index in [1.165, 1.54) is 12.1 Å². The van der Waals surface area contributed by atoms with E-state index >= 15 is 0 Å². The molecule has 0 radical (unpaired) electrons. The van der Waals surface area contributed by atoms with E-state index in [-0.39, 0.29) is 23.5 Å². The number of nitrogens with zero attached hydrogens (tertiary/aromatic N) is 2. The molecule has 0 atom stereocenters. The predicted molar refractivity (Wildman–Crippen MR) is 104 cm³/mol. The molecule has 5 nitrogen and oxygen atoms in total. The molecule has 6 heteroatoms. The maximum absolute atomic E-state index is 12.9. The number of hydrogen-bond donors (Lipinski definition) is 1. The third kappa shape index (κ3) is 6.79. The van der Waals surface area contributed by atoms with Gasteiger partial charge < -0.3 is 10.2 Å². The lowest BCUT2D eigenvalue weighted by molar-refractivity contribution is -0.132. The Bertz CT molecular complexity index is 652. The zero-order valence-electron chi connectivity index (χ0n) is 16.3. The first-order valence-electron chi connectivity index (χ1n) is 9.55. The van der Waals surface area contributed by atoms with Gasteiger partial charge in [-0.15, -0.1) is 0 Å². The minimum absolute atomic E-state index is 0.0303. The van der Waals surface area contributed by atoms with Gasteiger partial charge in [-0.2, -0.15) is 0 Å². The van der Waals surface area contributed by atoms with Crippen LogP contribution in [-0.2, 0) is 16.1 Å². The van der Waals surface area contributed by atoms with Gasteiger partial charge in [0.15, 0.2) is 0 Å². The van der Waals surface area contributed by atoms with Crippen molar-refractivity contribution in [2.45, 2.75) is 33.2 Å². The second-order valence-electron chi connectivity index (χ2n) is 7.26. The molecule has 0 saturated carbocycles. The topological polar surface area (TPSA) is 52.7 Å². The summed E-state index contributed by atoms with van der Waals surface area (Å²) in [5, 5.41) is 2.93. The van der Waals surface area contributed by atoms with Crippen molar-refractivity contribution in [1.29, 1.82) is 0 Å². The molecule has 2 amide bonds. The molecule has 1 N–H and O–H groups in total. The zero-order valence-corrected chi connectivity index (χ0v) is 16.3. The fraction of sp³-hybridized carbons (Fsp3) is 0.524. The fourth-order valence-electron chi connectivity index (χ4n) is 3.28. The third-order valence-corrected chi connectivity index (χ3v) is 4.89. The van der Waals surface area contributed by atoms with Gasteiger partial charge in [0.05, 0.1) is 6.54 Å². The Morgan fingerprint density at radius 3 is 2.44 bits per heavy atom. The molecule has 1 saturated heterocycles. The largest absolute Gasteiger partial charge is 0.352 e. The molecule has 1 fully saturated rings. The number of piperidine rings is 1. The van der Waals surface area contributed by atoms with Crippen LogP contribution in [0.15, 0.2) is 36.4 Å². The van der Waals surface area contributed by atoms with E-state index in [4.69, 9.17) is 0 Å². The van der Waals surface area contributed by atoms with Gasteiger partial charge in [0.2, 0.25) is 11.8 Å². The maximum atomic E-state index is 12.9. The number of carbonyl (C=O) groups excluding carboxylic acids is 2. The lowest BCUT2D eigenvalue weighted by Crippen LogP contribution is -2.45. The Labute approximate surface area is 161 Å². The third-order valence-electron chi connectivity index (χ3n) is 4.89. The van der Waals surface area contributed by atoms with E-state index in [2.05, 4.69) is 16.8 Å². The van der Waals surface area contributed by atoms with E-state index in [0.29, 0.717) is 26.2 Å². The van der Waals surface area contributed by atoms with Gasteiger partial charge in [0.25, 0.3) is 0 Å². The molecule has 2 rings (SSSR count). The summed E-state index contributed by atoms with van der Waals surface area (Å²) in [7, 11) is 0. The Hall–Kier alpha value is -2.21. The number of nitrogens with one attached hydrogen (secondary N) is 1. The lowest BCUT2D eigenvalue weighted by atomic mass is 9.95. The van der Waals surface area contributed by atoms with Crippen molar-refractivity contribution < 1.29 is 14.0 Å². The molecule has 1 aromatic carbocycles. The van der Waals surface area contributed by atoms with Crippen molar-refractivity contribution >= 4 is 11.8 Å². The fourth-order valence-corrected chi connectivity index (χ4v) is 3.28. The summed E-state index contributed by atoms with van der Waals surface area (Å²) in [5.74, 6) is -0.172. The SMILES string of the molecule is C=C(C)CN(CC)C(=O)CN1CCC(C(=O)NCc2ccc(F)cc2)CC1. The molecule has 0 unspecified atom stereocenters. The van der Waals surface area contributed by atoms with Gasteiger partial charge in [-0.3, -0.25) is 14.5 Å². The number of likely N-dealkylation sites (tertiary alicyclic amines) is 1. The van der Waals surface area contributed by atoms with Crippen LogP contribution in [0, 0.1) is 11.7 Å². The monoisotopic (exact) mass is 375 g/mol. The molecule has 148 valence electrons. The van der Waals surface area contributed by atoms with E-state index in [0.717, 1.165) is 37.1 Å². The summed E-state index contributed by atoms with van der Waals surface area (Å²) >= 11 is 0. The zero-order chi connectivity index (χ0) is 19.8. The highest BCUT2D eigenvalue weighted by atomic mass is 19.1. The molecule has 1 aromatic rings. The van der Waals surface area contributed by atoms with Crippen molar-refractivity contribution in [3.8, 4) is 0 Å². The standard InChI is InChI=1S/C21H30FN3O2/c1-4-25(14-16(2)3)20(26)15-24-11-9-18(10-12-24)21(27)23-13-17-5-7-19(22)8-6-17/h5-8,18H,2,4,9-15H2,1,3H3,(H,23,27). The van der Waals surface area contributed by atoms with Gasteiger partial charge in [-0.1, -0.05) is 24.3 Å². The summed E-state index contributed by atoms with van der Waals surface area (Å²) in [6.45, 7) is 11.3. The molecular weight excluding hydrogens is 345 g/mol. The number of carbonyl (C=O) groups is 2. The summed E-state index contributed by atoms with van der Waals surface area (Å²) in [6, 6.07) is 6.14. The lowest BCUT2D eigenvalue weighted by Gasteiger charge is -2.32. The average molecular weight is 375 g/mol. The predicted octanol–water partition coefficient (Wildman–Crippen LogP) is 2.58. The van der Waals surface area contributed by atoms with Crippen LogP contribution >= 0.6 is 0 Å². The molecular formula is C21H30FN3O2. The molecule has 1 heterocycles. The molecule has 1 aliphatic rings. The molecule has 0 spiro atoms. The van der Waals surface area contributed by atoms with Gasteiger partial charge in [-0.05, 0) is 57.5 Å². The second-order valence-corrected chi connectivity index (χ2v) is 7.26. The number of likely N-dealkylation sites (N-methyl/N-ethyl adjacent to an activating group) is 1. The molecule has 1 aliphatic heterocycles. The van der Waals surface area contributed by atoms with Crippen molar-refractivity contribution in [2.24, 2.45) is 5.92 Å². The summed E-state index contributed by atoms with van der Waals surface area (Å²) in [4.78, 5) is 28.7. The van der Waals surface area contributed by atoms with Crippen LogP contribution in [-0.4, -0.2) is 54.3 Å². The highest BCUT2D eigenvalue weighted by Gasteiger charge is 2.26. The maximum Gasteiger partial charge on any atom is 0.237 e. The number of benzene rings is 1. The van der Waals surface area contributed by atoms with Crippen molar-refractivity contribution in [2.75, 3.05) is 32.7 Å². The normalized spacial score (nSPS) is 15.4. The first-order valence-corrected chi connectivity index (χ1v) is 9.55. The molecule has 27 heavy (non-hydrogen) atoms. The van der Waals surface area contributed by atoms with E-state index in [9.17, 15) is 14.0 Å². The van der Waals surface area contributed by atoms with Gasteiger partial charge in [0.1, 0.15) is 5.82 Å². The average Bonchev–Trinajstić information content (AvgIpc) is 2.65. The number of hydrogen-bond acceptors (Lipinski definition) is 3. The van der Waals surface area contributed by atoms with Crippen LogP contribution in [0.2, 0.25) is 0 Å². The van der Waals surface area contributed by atoms with Gasteiger partial charge in [-0.25, -0.2) is 4.39 Å². The number of halogens is 1. The van der Waals surface area contributed by atoms with Crippen molar-refractivity contribution in [1.82, 2.24) is 15.1 Å². The van der Waals surface area contributed by atoms with E-state index in [1.54, 1.807) is 12.1 Å². The summed E-state index contributed by atoms with van der Waals surface area (Å²) < 4.78 is 12.9. The Kier molecular flexibility index (Phi) is 7.98. The molecule has 0 aromatic heterocycles. The van der Waals surface area contributed by atoms with Crippen LogP contribution in [0.1, 0.15) is 32.3 Å². The summed E-state index contributed by atoms with van der Waals surface area (Å²) in [6.07, 6.45) is 1.49. The molecule has 0 aliphatic carbocycles. The Morgan fingerprint density at radius 2 is 1.89 bits per heavy atom.